The van der Waals surface area contributed by atoms with Crippen molar-refractivity contribution in [1.29, 1.82) is 0 Å². The van der Waals surface area contributed by atoms with Gasteiger partial charge in [0.05, 0.1) is 0 Å². The maximum atomic E-state index is 10.4. The summed E-state index contributed by atoms with van der Waals surface area (Å²) in [6.45, 7) is 1.37. The monoisotopic (exact) mass is 142 g/mol. The number of nitrogens with one attached hydrogen (secondary N) is 2. The Morgan fingerprint density at radius 3 is 2.40 bits per heavy atom. The Balaban J connectivity index is 3.56. The highest BCUT2D eigenvalue weighted by Gasteiger charge is 1.87. The molecule has 0 radical (unpaired) electrons. The molecule has 56 valence electrons. The van der Waals surface area contributed by atoms with E-state index in [4.69, 9.17) is 0 Å². The van der Waals surface area contributed by atoms with Gasteiger partial charge >= 0.3 is 0 Å². The molecule has 0 aromatic rings. The van der Waals surface area contributed by atoms with Gasteiger partial charge in [0.15, 0.2) is 0 Å². The Hall–Kier alpha value is -1.32. The van der Waals surface area contributed by atoms with Crippen LogP contribution in [0.15, 0.2) is 12.3 Å². The van der Waals surface area contributed by atoms with E-state index in [0.717, 1.165) is 0 Å². The zero-order chi connectivity index (χ0) is 7.98. The highest BCUT2D eigenvalue weighted by atomic mass is 16.2. The third-order valence-electron chi connectivity index (χ3n) is 0.768. The van der Waals surface area contributed by atoms with Crippen molar-refractivity contribution in [3.8, 4) is 0 Å². The van der Waals surface area contributed by atoms with Crippen molar-refractivity contribution in [2.45, 2.75) is 6.92 Å². The van der Waals surface area contributed by atoms with E-state index in [-0.39, 0.29) is 11.8 Å². The van der Waals surface area contributed by atoms with E-state index in [1.807, 2.05) is 0 Å². The molecule has 0 rings (SSSR count). The van der Waals surface area contributed by atoms with Gasteiger partial charge in [-0.3, -0.25) is 9.59 Å². The van der Waals surface area contributed by atoms with Gasteiger partial charge in [0, 0.05) is 26.2 Å². The molecular formula is C6H10N2O2. The first-order chi connectivity index (χ1) is 4.66. The van der Waals surface area contributed by atoms with Crippen LogP contribution >= 0.6 is 0 Å². The number of likely N-dealkylation sites (N-methyl/N-ethyl adjacent to an activating group) is 1. The zero-order valence-electron chi connectivity index (χ0n) is 5.97. The molecule has 4 nitrogen and oxygen atoms in total. The SMILES string of the molecule is CNC(=O)C=CNC(C)=O. The second-order valence-electron chi connectivity index (χ2n) is 1.65. The summed E-state index contributed by atoms with van der Waals surface area (Å²) in [5.74, 6) is -0.436. The van der Waals surface area contributed by atoms with Crippen molar-refractivity contribution in [3.63, 3.8) is 0 Å². The molecule has 0 aromatic carbocycles. The van der Waals surface area contributed by atoms with Gasteiger partial charge in [0.2, 0.25) is 11.8 Å². The summed E-state index contributed by atoms with van der Waals surface area (Å²) < 4.78 is 0. The molecule has 0 unspecified atom stereocenters. The summed E-state index contributed by atoms with van der Waals surface area (Å²) in [6.07, 6.45) is 2.53. The van der Waals surface area contributed by atoms with E-state index in [1.165, 1.54) is 26.2 Å². The smallest absolute Gasteiger partial charge is 0.245 e. The molecule has 0 bridgehead atoms. The Labute approximate surface area is 59.3 Å². The van der Waals surface area contributed by atoms with Gasteiger partial charge in [-0.05, 0) is 0 Å². The fourth-order valence-electron chi connectivity index (χ4n) is 0.318. The maximum Gasteiger partial charge on any atom is 0.245 e. The quantitative estimate of drug-likeness (QED) is 0.505. The van der Waals surface area contributed by atoms with Gasteiger partial charge in [-0.15, -0.1) is 0 Å². The minimum absolute atomic E-state index is 0.194. The van der Waals surface area contributed by atoms with Crippen LogP contribution in [0.5, 0.6) is 0 Å². The predicted octanol–water partition coefficient (Wildman–Crippen LogP) is -0.618. The van der Waals surface area contributed by atoms with Crippen molar-refractivity contribution in [1.82, 2.24) is 10.6 Å². The number of hydrogen-bond donors (Lipinski definition) is 2. The molecule has 0 fully saturated rings. The fraction of sp³-hybridized carbons (Fsp3) is 0.333. The summed E-state index contributed by atoms with van der Waals surface area (Å²) in [5, 5.41) is 4.69. The van der Waals surface area contributed by atoms with Crippen molar-refractivity contribution in [2.24, 2.45) is 0 Å². The molecule has 0 heterocycles. The fourth-order valence-corrected chi connectivity index (χ4v) is 0.318. The highest BCUT2D eigenvalue weighted by molar-refractivity contribution is 5.87. The zero-order valence-corrected chi connectivity index (χ0v) is 5.97. The summed E-state index contributed by atoms with van der Waals surface area (Å²) in [7, 11) is 1.51. The Morgan fingerprint density at radius 2 is 2.00 bits per heavy atom. The van der Waals surface area contributed by atoms with Crippen LogP contribution in [-0.4, -0.2) is 18.9 Å². The average molecular weight is 142 g/mol. The molecule has 2 N–H and O–H groups in total. The van der Waals surface area contributed by atoms with E-state index in [0.29, 0.717) is 0 Å². The van der Waals surface area contributed by atoms with Crippen LogP contribution in [0.4, 0.5) is 0 Å². The Bertz CT molecular complexity index is 163. The van der Waals surface area contributed by atoms with Crippen LogP contribution in [0.2, 0.25) is 0 Å². The van der Waals surface area contributed by atoms with Crippen molar-refractivity contribution in [3.05, 3.63) is 12.3 Å². The lowest BCUT2D eigenvalue weighted by Crippen LogP contribution is -2.17. The van der Waals surface area contributed by atoms with Crippen molar-refractivity contribution in [2.75, 3.05) is 7.05 Å². The van der Waals surface area contributed by atoms with Crippen molar-refractivity contribution >= 4 is 11.8 Å². The van der Waals surface area contributed by atoms with Crippen LogP contribution in [0.1, 0.15) is 6.92 Å². The normalized spacial score (nSPS) is 9.40. The predicted molar refractivity (Wildman–Crippen MR) is 37.0 cm³/mol. The first-order valence-electron chi connectivity index (χ1n) is 2.82. The van der Waals surface area contributed by atoms with Crippen molar-refractivity contribution < 1.29 is 9.59 Å². The van der Waals surface area contributed by atoms with E-state index >= 15 is 0 Å². The molecule has 0 aliphatic heterocycles. The molecule has 0 aliphatic carbocycles. The average Bonchev–Trinajstić information content (AvgIpc) is 1.87. The molecule has 0 atom stereocenters. The van der Waals surface area contributed by atoms with Crippen LogP contribution in [0.3, 0.4) is 0 Å². The summed E-state index contributed by atoms with van der Waals surface area (Å²) in [6, 6.07) is 0. The molecule has 0 aliphatic rings. The minimum Gasteiger partial charge on any atom is -0.356 e. The largest absolute Gasteiger partial charge is 0.356 e. The molecule has 0 spiro atoms. The number of rotatable bonds is 2. The van der Waals surface area contributed by atoms with Gasteiger partial charge < -0.3 is 10.6 Å². The lowest BCUT2D eigenvalue weighted by atomic mass is 10.5. The first-order valence-corrected chi connectivity index (χ1v) is 2.82. The highest BCUT2D eigenvalue weighted by Crippen LogP contribution is 1.67. The standard InChI is InChI=1S/C6H10N2O2/c1-5(9)8-4-3-6(10)7-2/h3-4H,1-2H3,(H,7,10)(H,8,9). The Morgan fingerprint density at radius 1 is 1.40 bits per heavy atom. The topological polar surface area (TPSA) is 58.2 Å². The molecule has 0 aromatic heterocycles. The third-order valence-corrected chi connectivity index (χ3v) is 0.768. The number of carbonyl (C=O) groups is 2. The lowest BCUT2D eigenvalue weighted by Gasteiger charge is -1.90. The van der Waals surface area contributed by atoms with Gasteiger partial charge in [-0.25, -0.2) is 0 Å². The molecule has 0 saturated carbocycles. The summed E-state index contributed by atoms with van der Waals surface area (Å²) >= 11 is 0. The molecule has 2 amide bonds. The van der Waals surface area contributed by atoms with Crippen LogP contribution in [-0.2, 0) is 9.59 Å². The van der Waals surface area contributed by atoms with E-state index in [9.17, 15) is 9.59 Å². The molecular weight excluding hydrogens is 132 g/mol. The minimum atomic E-state index is -0.242. The van der Waals surface area contributed by atoms with E-state index in [2.05, 4.69) is 10.6 Å². The van der Waals surface area contributed by atoms with E-state index in [1.54, 1.807) is 0 Å². The summed E-state index contributed by atoms with van der Waals surface area (Å²) in [5.41, 5.74) is 0. The Kier molecular flexibility index (Phi) is 3.95. The van der Waals surface area contributed by atoms with Gasteiger partial charge in [-0.1, -0.05) is 0 Å². The maximum absolute atomic E-state index is 10.4. The first kappa shape index (κ1) is 8.68. The van der Waals surface area contributed by atoms with Crippen LogP contribution in [0.25, 0.3) is 0 Å². The van der Waals surface area contributed by atoms with Gasteiger partial charge in [0.25, 0.3) is 0 Å². The third kappa shape index (κ3) is 4.83. The number of amides is 2. The second kappa shape index (κ2) is 4.55. The molecule has 10 heavy (non-hydrogen) atoms. The molecule has 4 heteroatoms. The summed E-state index contributed by atoms with van der Waals surface area (Å²) in [4.78, 5) is 20.7. The number of carbonyl (C=O) groups excluding carboxylic acids is 2. The van der Waals surface area contributed by atoms with Crippen LogP contribution in [0, 0.1) is 0 Å². The van der Waals surface area contributed by atoms with Gasteiger partial charge in [0.1, 0.15) is 0 Å². The van der Waals surface area contributed by atoms with E-state index < -0.39 is 0 Å². The van der Waals surface area contributed by atoms with Gasteiger partial charge in [-0.2, -0.15) is 0 Å². The molecule has 0 saturated heterocycles. The lowest BCUT2D eigenvalue weighted by molar-refractivity contribution is -0.118. The number of hydrogen-bond acceptors (Lipinski definition) is 2. The van der Waals surface area contributed by atoms with Crippen LogP contribution < -0.4 is 10.6 Å². The second-order valence-corrected chi connectivity index (χ2v) is 1.65.